The van der Waals surface area contributed by atoms with Crippen molar-refractivity contribution in [2.75, 3.05) is 22.1 Å². The molecule has 0 spiro atoms. The number of hydrogen-bond acceptors (Lipinski definition) is 4. The molecule has 2 amide bonds. The standard InChI is InChI=1S/C20H21N3O3/c1-12-9-14-5-3-4-6-17(14)23(12)20(25)13(2)21-15-7-8-18-16(10-15)22-19(24)11-26-18/h3-8,10,12-13,21H,9,11H2,1-2H3,(H,22,24)/t12-,13-/m1/s1. The molecule has 4 rings (SSSR count). The van der Waals surface area contributed by atoms with Crippen LogP contribution in [0.2, 0.25) is 0 Å². The van der Waals surface area contributed by atoms with Gasteiger partial charge >= 0.3 is 0 Å². The Kier molecular flexibility index (Phi) is 4.03. The minimum Gasteiger partial charge on any atom is -0.482 e. The van der Waals surface area contributed by atoms with Crippen LogP contribution in [0.1, 0.15) is 19.4 Å². The van der Waals surface area contributed by atoms with Gasteiger partial charge in [0, 0.05) is 17.4 Å². The maximum absolute atomic E-state index is 13.0. The Morgan fingerprint density at radius 1 is 1.31 bits per heavy atom. The molecule has 6 heteroatoms. The van der Waals surface area contributed by atoms with Crippen molar-refractivity contribution in [2.24, 2.45) is 0 Å². The van der Waals surface area contributed by atoms with Crippen molar-refractivity contribution < 1.29 is 14.3 Å². The molecule has 0 unspecified atom stereocenters. The van der Waals surface area contributed by atoms with Crippen LogP contribution in [0.15, 0.2) is 42.5 Å². The minimum absolute atomic E-state index is 0.0282. The number of nitrogens with zero attached hydrogens (tertiary/aromatic N) is 1. The van der Waals surface area contributed by atoms with Gasteiger partial charge in [-0.3, -0.25) is 9.59 Å². The van der Waals surface area contributed by atoms with Gasteiger partial charge < -0.3 is 20.3 Å². The lowest BCUT2D eigenvalue weighted by molar-refractivity contribution is -0.119. The molecular weight excluding hydrogens is 330 g/mol. The minimum atomic E-state index is -0.401. The van der Waals surface area contributed by atoms with E-state index in [1.54, 1.807) is 12.1 Å². The molecule has 26 heavy (non-hydrogen) atoms. The maximum Gasteiger partial charge on any atom is 0.262 e. The molecule has 0 radical (unpaired) electrons. The highest BCUT2D eigenvalue weighted by Gasteiger charge is 2.33. The van der Waals surface area contributed by atoms with Crippen molar-refractivity contribution in [1.29, 1.82) is 0 Å². The molecule has 2 aliphatic heterocycles. The smallest absolute Gasteiger partial charge is 0.262 e. The van der Waals surface area contributed by atoms with E-state index in [1.807, 2.05) is 36.1 Å². The molecule has 2 aromatic carbocycles. The molecule has 2 N–H and O–H groups in total. The third kappa shape index (κ3) is 2.87. The summed E-state index contributed by atoms with van der Waals surface area (Å²) in [7, 11) is 0. The number of carbonyl (C=O) groups is 2. The number of benzene rings is 2. The van der Waals surface area contributed by atoms with E-state index in [0.717, 1.165) is 17.8 Å². The second kappa shape index (κ2) is 6.37. The second-order valence-electron chi connectivity index (χ2n) is 6.80. The topological polar surface area (TPSA) is 70.7 Å². The Morgan fingerprint density at radius 2 is 2.12 bits per heavy atom. The van der Waals surface area contributed by atoms with Gasteiger partial charge in [0.05, 0.1) is 5.69 Å². The number of fused-ring (bicyclic) bond motifs is 2. The quantitative estimate of drug-likeness (QED) is 0.892. The molecule has 0 aromatic heterocycles. The van der Waals surface area contributed by atoms with E-state index in [-0.39, 0.29) is 24.5 Å². The van der Waals surface area contributed by atoms with E-state index in [0.29, 0.717) is 11.4 Å². The number of anilines is 3. The molecule has 0 saturated heterocycles. The first kappa shape index (κ1) is 16.4. The number of rotatable bonds is 3. The highest BCUT2D eigenvalue weighted by molar-refractivity contribution is 6.01. The summed E-state index contributed by atoms with van der Waals surface area (Å²) < 4.78 is 5.36. The number of amides is 2. The van der Waals surface area contributed by atoms with Crippen LogP contribution >= 0.6 is 0 Å². The fourth-order valence-electron chi connectivity index (χ4n) is 3.59. The number of hydrogen-bond donors (Lipinski definition) is 2. The average molecular weight is 351 g/mol. The largest absolute Gasteiger partial charge is 0.482 e. The molecule has 0 bridgehead atoms. The second-order valence-corrected chi connectivity index (χ2v) is 6.80. The van der Waals surface area contributed by atoms with Crippen LogP contribution in [-0.2, 0) is 16.0 Å². The summed E-state index contributed by atoms with van der Waals surface area (Å²) in [5.41, 5.74) is 3.57. The zero-order valence-electron chi connectivity index (χ0n) is 14.8. The predicted molar refractivity (Wildman–Crippen MR) is 101 cm³/mol. The van der Waals surface area contributed by atoms with Crippen LogP contribution < -0.4 is 20.3 Å². The molecule has 134 valence electrons. The van der Waals surface area contributed by atoms with Gasteiger partial charge in [0.2, 0.25) is 5.91 Å². The zero-order chi connectivity index (χ0) is 18.3. The number of ether oxygens (including phenoxy) is 1. The SMILES string of the molecule is C[C@@H]1Cc2ccccc2N1C(=O)[C@@H](C)Nc1ccc2c(c1)NC(=O)CO2. The van der Waals surface area contributed by atoms with Crippen molar-refractivity contribution in [3.8, 4) is 5.75 Å². The van der Waals surface area contributed by atoms with Crippen molar-refractivity contribution >= 4 is 28.9 Å². The Balaban J connectivity index is 1.52. The Bertz CT molecular complexity index is 880. The maximum atomic E-state index is 13.0. The van der Waals surface area contributed by atoms with E-state index in [9.17, 15) is 9.59 Å². The number of para-hydroxylation sites is 1. The highest BCUT2D eigenvalue weighted by Crippen LogP contribution is 2.33. The average Bonchev–Trinajstić information content (AvgIpc) is 2.96. The Hall–Kier alpha value is -3.02. The van der Waals surface area contributed by atoms with Gasteiger partial charge in [0.1, 0.15) is 11.8 Å². The summed E-state index contributed by atoms with van der Waals surface area (Å²) >= 11 is 0. The first-order chi connectivity index (χ1) is 12.5. The summed E-state index contributed by atoms with van der Waals surface area (Å²) in [6.45, 7) is 3.95. The molecular formula is C20H21N3O3. The number of nitrogens with one attached hydrogen (secondary N) is 2. The van der Waals surface area contributed by atoms with Gasteiger partial charge in [0.15, 0.2) is 6.61 Å². The van der Waals surface area contributed by atoms with Crippen LogP contribution in [0.4, 0.5) is 17.1 Å². The van der Waals surface area contributed by atoms with Crippen molar-refractivity contribution in [3.63, 3.8) is 0 Å². The molecule has 2 atom stereocenters. The molecule has 0 saturated carbocycles. The summed E-state index contributed by atoms with van der Waals surface area (Å²) in [6.07, 6.45) is 0.872. The van der Waals surface area contributed by atoms with Crippen LogP contribution in [-0.4, -0.2) is 30.5 Å². The zero-order valence-corrected chi connectivity index (χ0v) is 14.8. The van der Waals surface area contributed by atoms with Crippen molar-refractivity contribution in [1.82, 2.24) is 0 Å². The summed E-state index contributed by atoms with van der Waals surface area (Å²) in [4.78, 5) is 26.4. The summed E-state index contributed by atoms with van der Waals surface area (Å²) in [5, 5.41) is 6.02. The lowest BCUT2D eigenvalue weighted by Crippen LogP contribution is -2.44. The Labute approximate surface area is 152 Å². The summed E-state index contributed by atoms with van der Waals surface area (Å²) in [5.74, 6) is 0.484. The van der Waals surface area contributed by atoms with E-state index in [2.05, 4.69) is 23.6 Å². The molecule has 2 aromatic rings. The summed E-state index contributed by atoms with van der Waals surface area (Å²) in [6, 6.07) is 13.2. The van der Waals surface area contributed by atoms with Gasteiger partial charge in [-0.2, -0.15) is 0 Å². The highest BCUT2D eigenvalue weighted by atomic mass is 16.5. The van der Waals surface area contributed by atoms with E-state index in [1.165, 1.54) is 5.56 Å². The van der Waals surface area contributed by atoms with E-state index >= 15 is 0 Å². The van der Waals surface area contributed by atoms with Crippen LogP contribution in [0, 0.1) is 0 Å². The van der Waals surface area contributed by atoms with Crippen molar-refractivity contribution in [3.05, 3.63) is 48.0 Å². The molecule has 2 heterocycles. The van der Waals surface area contributed by atoms with Gasteiger partial charge in [-0.15, -0.1) is 0 Å². The van der Waals surface area contributed by atoms with Gasteiger partial charge in [-0.05, 0) is 50.1 Å². The fraction of sp³-hybridized carbons (Fsp3) is 0.300. The Morgan fingerprint density at radius 3 is 2.96 bits per heavy atom. The molecule has 0 fully saturated rings. The van der Waals surface area contributed by atoms with Crippen molar-refractivity contribution in [2.45, 2.75) is 32.4 Å². The lowest BCUT2D eigenvalue weighted by atomic mass is 10.1. The van der Waals surface area contributed by atoms with Gasteiger partial charge in [-0.25, -0.2) is 0 Å². The van der Waals surface area contributed by atoms with Gasteiger partial charge in [-0.1, -0.05) is 18.2 Å². The lowest BCUT2D eigenvalue weighted by Gasteiger charge is -2.27. The normalized spacial score (nSPS) is 19.1. The van der Waals surface area contributed by atoms with Crippen LogP contribution in [0.25, 0.3) is 0 Å². The molecule has 0 aliphatic carbocycles. The van der Waals surface area contributed by atoms with Crippen LogP contribution in [0.3, 0.4) is 0 Å². The molecule has 6 nitrogen and oxygen atoms in total. The third-order valence-electron chi connectivity index (χ3n) is 4.81. The van der Waals surface area contributed by atoms with Gasteiger partial charge in [0.25, 0.3) is 5.91 Å². The van der Waals surface area contributed by atoms with E-state index < -0.39 is 6.04 Å². The molecule has 2 aliphatic rings. The predicted octanol–water partition coefficient (Wildman–Crippen LogP) is 2.80. The first-order valence-corrected chi connectivity index (χ1v) is 8.77. The van der Waals surface area contributed by atoms with E-state index in [4.69, 9.17) is 4.74 Å². The number of carbonyl (C=O) groups excluding carboxylic acids is 2. The third-order valence-corrected chi connectivity index (χ3v) is 4.81. The van der Waals surface area contributed by atoms with Crippen LogP contribution in [0.5, 0.6) is 5.75 Å². The monoisotopic (exact) mass is 351 g/mol. The fourth-order valence-corrected chi connectivity index (χ4v) is 3.59. The first-order valence-electron chi connectivity index (χ1n) is 8.77.